The summed E-state index contributed by atoms with van der Waals surface area (Å²) in [5.74, 6) is -1.75. The molecule has 0 atom stereocenters. The van der Waals surface area contributed by atoms with E-state index in [9.17, 15) is 19.2 Å². The highest BCUT2D eigenvalue weighted by Gasteiger charge is 2.34. The topological polar surface area (TPSA) is 74.8 Å². The van der Waals surface area contributed by atoms with Crippen LogP contribution in [0.25, 0.3) is 0 Å². The van der Waals surface area contributed by atoms with Gasteiger partial charge in [0, 0.05) is 19.2 Å². The van der Waals surface area contributed by atoms with Crippen LogP contribution in [-0.2, 0) is 9.59 Å². The van der Waals surface area contributed by atoms with Crippen molar-refractivity contribution in [1.82, 2.24) is 4.90 Å². The van der Waals surface area contributed by atoms with Gasteiger partial charge in [0.1, 0.15) is 0 Å². The molecular weight excluding hydrogens is 248 g/mol. The largest absolute Gasteiger partial charge is 0.277 e. The second kappa shape index (κ2) is 3.61. The Hall–Kier alpha value is -2.76. The first-order valence-electron chi connectivity index (χ1n) is 5.53. The Morgan fingerprint density at radius 2 is 1.42 bits per heavy atom. The number of hydrogen-bond acceptors (Lipinski definition) is 4. The number of imide groups is 2. The summed E-state index contributed by atoms with van der Waals surface area (Å²) in [4.78, 5) is 48.6. The molecule has 0 saturated heterocycles. The van der Waals surface area contributed by atoms with Gasteiger partial charge in [-0.25, -0.2) is 4.90 Å². The third-order valence-corrected chi connectivity index (χ3v) is 3.14. The maximum Gasteiger partial charge on any atom is 0.261 e. The van der Waals surface area contributed by atoms with Gasteiger partial charge in [-0.1, -0.05) is 0 Å². The van der Waals surface area contributed by atoms with Gasteiger partial charge in [0.25, 0.3) is 23.6 Å². The first-order valence-corrected chi connectivity index (χ1v) is 5.53. The fraction of sp³-hybridized carbons (Fsp3) is 0.0769. The summed E-state index contributed by atoms with van der Waals surface area (Å²) in [5, 5.41) is 0. The van der Waals surface area contributed by atoms with Crippen molar-refractivity contribution in [3.8, 4) is 0 Å². The van der Waals surface area contributed by atoms with Crippen LogP contribution in [0.3, 0.4) is 0 Å². The Bertz CT molecular complexity index is 672. The Kier molecular flexibility index (Phi) is 2.16. The SMILES string of the molecule is CN1C(=O)c2ccc(N3C(=O)C=CC3=O)cc2C1=O. The molecule has 0 spiro atoms. The summed E-state index contributed by atoms with van der Waals surface area (Å²) in [6.07, 6.45) is 2.32. The predicted molar refractivity (Wildman–Crippen MR) is 64.5 cm³/mol. The fourth-order valence-corrected chi connectivity index (χ4v) is 2.14. The molecule has 0 fully saturated rings. The van der Waals surface area contributed by atoms with Crippen molar-refractivity contribution in [3.05, 3.63) is 41.5 Å². The number of amides is 4. The number of carbonyl (C=O) groups is 4. The van der Waals surface area contributed by atoms with Crippen LogP contribution in [-0.4, -0.2) is 35.6 Å². The smallest absolute Gasteiger partial charge is 0.261 e. The molecule has 6 nitrogen and oxygen atoms in total. The Balaban J connectivity index is 2.09. The van der Waals surface area contributed by atoms with E-state index in [4.69, 9.17) is 0 Å². The zero-order chi connectivity index (χ0) is 13.7. The lowest BCUT2D eigenvalue weighted by atomic mass is 10.1. The van der Waals surface area contributed by atoms with Crippen LogP contribution in [0, 0.1) is 0 Å². The second-order valence-corrected chi connectivity index (χ2v) is 4.24. The number of nitrogens with zero attached hydrogens (tertiary/aromatic N) is 2. The van der Waals surface area contributed by atoms with Gasteiger partial charge in [-0.3, -0.25) is 24.1 Å². The third kappa shape index (κ3) is 1.43. The van der Waals surface area contributed by atoms with Crippen LogP contribution in [0.15, 0.2) is 30.4 Å². The summed E-state index contributed by atoms with van der Waals surface area (Å²) in [5.41, 5.74) is 0.774. The first kappa shape index (κ1) is 11.3. The quantitative estimate of drug-likeness (QED) is 0.679. The molecule has 0 radical (unpaired) electrons. The molecule has 1 aromatic rings. The molecule has 19 heavy (non-hydrogen) atoms. The van der Waals surface area contributed by atoms with Crippen LogP contribution < -0.4 is 4.90 Å². The highest BCUT2D eigenvalue weighted by molar-refractivity contribution is 6.29. The lowest BCUT2D eigenvalue weighted by Crippen LogP contribution is -2.29. The fourth-order valence-electron chi connectivity index (χ4n) is 2.14. The number of hydrogen-bond donors (Lipinski definition) is 0. The summed E-state index contributed by atoms with van der Waals surface area (Å²) < 4.78 is 0. The van der Waals surface area contributed by atoms with Crippen molar-refractivity contribution < 1.29 is 19.2 Å². The molecule has 3 rings (SSSR count). The van der Waals surface area contributed by atoms with E-state index in [1.165, 1.54) is 25.2 Å². The number of benzene rings is 1. The summed E-state index contributed by atoms with van der Waals surface area (Å²) in [6.45, 7) is 0. The molecule has 0 N–H and O–H groups in total. The van der Waals surface area contributed by atoms with Crippen LogP contribution >= 0.6 is 0 Å². The van der Waals surface area contributed by atoms with E-state index in [0.29, 0.717) is 0 Å². The van der Waals surface area contributed by atoms with Gasteiger partial charge in [0.15, 0.2) is 0 Å². The monoisotopic (exact) mass is 256 g/mol. The van der Waals surface area contributed by atoms with Gasteiger partial charge in [-0.2, -0.15) is 0 Å². The molecule has 0 aliphatic carbocycles. The molecule has 0 saturated carbocycles. The van der Waals surface area contributed by atoms with Gasteiger partial charge >= 0.3 is 0 Å². The van der Waals surface area contributed by atoms with Crippen LogP contribution in [0.1, 0.15) is 20.7 Å². The first-order chi connectivity index (χ1) is 9.00. The van der Waals surface area contributed by atoms with Gasteiger partial charge < -0.3 is 0 Å². The molecule has 94 valence electrons. The molecule has 2 aliphatic heterocycles. The maximum atomic E-state index is 11.8. The van der Waals surface area contributed by atoms with Gasteiger partial charge in [-0.15, -0.1) is 0 Å². The van der Waals surface area contributed by atoms with Crippen molar-refractivity contribution in [2.24, 2.45) is 0 Å². The maximum absolute atomic E-state index is 11.8. The zero-order valence-electron chi connectivity index (χ0n) is 9.91. The summed E-state index contributed by atoms with van der Waals surface area (Å²) in [6, 6.07) is 4.32. The molecule has 0 bridgehead atoms. The Labute approximate surface area is 107 Å². The molecule has 0 unspecified atom stereocenters. The standard InChI is InChI=1S/C13H8N2O4/c1-14-12(18)8-3-2-7(6-9(8)13(14)19)15-10(16)4-5-11(15)17/h2-6H,1H3. The van der Waals surface area contributed by atoms with E-state index in [1.807, 2.05) is 0 Å². The minimum atomic E-state index is -0.463. The minimum Gasteiger partial charge on any atom is -0.277 e. The van der Waals surface area contributed by atoms with E-state index in [-0.39, 0.29) is 22.7 Å². The minimum absolute atomic E-state index is 0.206. The van der Waals surface area contributed by atoms with E-state index in [0.717, 1.165) is 22.0 Å². The predicted octanol–water partition coefficient (Wildman–Crippen LogP) is 0.342. The number of fused-ring (bicyclic) bond motifs is 1. The van der Waals surface area contributed by atoms with Crippen molar-refractivity contribution in [1.29, 1.82) is 0 Å². The molecule has 2 heterocycles. The van der Waals surface area contributed by atoms with Crippen molar-refractivity contribution in [3.63, 3.8) is 0 Å². The highest BCUT2D eigenvalue weighted by Crippen LogP contribution is 2.27. The zero-order valence-corrected chi connectivity index (χ0v) is 9.91. The van der Waals surface area contributed by atoms with Gasteiger partial charge in [-0.05, 0) is 18.2 Å². The molecule has 1 aromatic carbocycles. The van der Waals surface area contributed by atoms with Gasteiger partial charge in [0.05, 0.1) is 16.8 Å². The lowest BCUT2D eigenvalue weighted by molar-refractivity contribution is -0.119. The van der Waals surface area contributed by atoms with E-state index < -0.39 is 17.7 Å². The highest BCUT2D eigenvalue weighted by atomic mass is 16.2. The average Bonchev–Trinajstić information content (AvgIpc) is 2.84. The number of rotatable bonds is 1. The second-order valence-electron chi connectivity index (χ2n) is 4.24. The molecule has 2 aliphatic rings. The van der Waals surface area contributed by atoms with Crippen molar-refractivity contribution in [2.45, 2.75) is 0 Å². The average molecular weight is 256 g/mol. The van der Waals surface area contributed by atoms with Crippen molar-refractivity contribution >= 4 is 29.3 Å². The van der Waals surface area contributed by atoms with Crippen molar-refractivity contribution in [2.75, 3.05) is 11.9 Å². The van der Waals surface area contributed by atoms with E-state index in [1.54, 1.807) is 0 Å². The molecule has 4 amide bonds. The molecule has 0 aromatic heterocycles. The lowest BCUT2D eigenvalue weighted by Gasteiger charge is -2.14. The number of anilines is 1. The number of carbonyl (C=O) groups excluding carboxylic acids is 4. The van der Waals surface area contributed by atoms with Crippen LogP contribution in [0.2, 0.25) is 0 Å². The van der Waals surface area contributed by atoms with E-state index in [2.05, 4.69) is 0 Å². The van der Waals surface area contributed by atoms with Gasteiger partial charge in [0.2, 0.25) is 0 Å². The Morgan fingerprint density at radius 3 is 2.05 bits per heavy atom. The summed E-state index contributed by atoms with van der Waals surface area (Å²) >= 11 is 0. The molecule has 6 heteroatoms. The normalized spacial score (nSPS) is 17.7. The molecular formula is C13H8N2O4. The van der Waals surface area contributed by atoms with Crippen LogP contribution in [0.4, 0.5) is 5.69 Å². The Morgan fingerprint density at radius 1 is 0.842 bits per heavy atom. The third-order valence-electron chi connectivity index (χ3n) is 3.14. The van der Waals surface area contributed by atoms with E-state index >= 15 is 0 Å². The summed E-state index contributed by atoms with van der Waals surface area (Å²) in [7, 11) is 1.39. The van der Waals surface area contributed by atoms with Crippen LogP contribution in [0.5, 0.6) is 0 Å².